The zero-order valence-corrected chi connectivity index (χ0v) is 16.7. The molecular weight excluding hydrogens is 362 g/mol. The molecule has 1 aromatic rings. The fraction of sp³-hybridized carbons (Fsp3) is 0.588. The second-order valence-corrected chi connectivity index (χ2v) is 9.39. The van der Waals surface area contributed by atoms with Crippen LogP contribution in [-0.2, 0) is 10.0 Å². The predicted molar refractivity (Wildman–Crippen MR) is 99.5 cm³/mol. The number of likely N-dealkylation sites (N-methyl/N-ethyl adjacent to an activating group) is 1. The van der Waals surface area contributed by atoms with Gasteiger partial charge in [0.25, 0.3) is 5.91 Å². The Hall–Kier alpha value is -1.15. The smallest absolute Gasteiger partial charge is 0.253 e. The van der Waals surface area contributed by atoms with Gasteiger partial charge in [0.15, 0.2) is 0 Å². The number of rotatable bonds is 5. The lowest BCUT2D eigenvalue weighted by atomic mass is 10.0. The van der Waals surface area contributed by atoms with E-state index in [0.717, 1.165) is 6.42 Å². The Labute approximate surface area is 155 Å². The molecule has 0 atom stereocenters. The lowest BCUT2D eigenvalue weighted by molar-refractivity contribution is 0.0911. The number of halogens is 1. The third-order valence-corrected chi connectivity index (χ3v) is 6.84. The van der Waals surface area contributed by atoms with Gasteiger partial charge in [0.2, 0.25) is 10.0 Å². The molecule has 1 amide bonds. The average molecular weight is 388 g/mol. The Morgan fingerprint density at radius 2 is 1.84 bits per heavy atom. The van der Waals surface area contributed by atoms with E-state index in [9.17, 15) is 13.2 Å². The third kappa shape index (κ3) is 4.73. The number of carbonyl (C=O) groups excluding carboxylic acids is 1. The number of piperazine rings is 1. The quantitative estimate of drug-likeness (QED) is 0.840. The maximum Gasteiger partial charge on any atom is 0.253 e. The number of benzene rings is 1. The van der Waals surface area contributed by atoms with Crippen LogP contribution in [0.25, 0.3) is 0 Å². The molecule has 1 heterocycles. The number of sulfonamides is 1. The summed E-state index contributed by atoms with van der Waals surface area (Å²) in [6, 6.07) is 4.30. The van der Waals surface area contributed by atoms with Crippen LogP contribution in [0.2, 0.25) is 5.02 Å². The molecule has 1 N–H and O–H groups in total. The van der Waals surface area contributed by atoms with E-state index in [2.05, 4.69) is 10.2 Å². The molecule has 0 unspecified atom stereocenters. The second kappa shape index (κ2) is 7.61. The molecule has 0 aliphatic carbocycles. The summed E-state index contributed by atoms with van der Waals surface area (Å²) in [5.41, 5.74) is -0.217. The van der Waals surface area contributed by atoms with Gasteiger partial charge in [-0.15, -0.1) is 0 Å². The van der Waals surface area contributed by atoms with Gasteiger partial charge in [-0.2, -0.15) is 4.31 Å². The highest BCUT2D eigenvalue weighted by molar-refractivity contribution is 7.89. The van der Waals surface area contributed by atoms with E-state index in [1.165, 1.54) is 22.5 Å². The molecular formula is C17H26ClN3O3S. The van der Waals surface area contributed by atoms with Crippen LogP contribution in [0.3, 0.4) is 0 Å². The highest BCUT2D eigenvalue weighted by Gasteiger charge is 2.29. The molecule has 0 spiro atoms. The Morgan fingerprint density at radius 3 is 2.40 bits per heavy atom. The van der Waals surface area contributed by atoms with Crippen LogP contribution in [0.5, 0.6) is 0 Å². The van der Waals surface area contributed by atoms with Gasteiger partial charge in [-0.05, 0) is 45.5 Å². The standard InChI is InChI=1S/C17H26ClN3O3S/c1-5-17(2,3)19-16(22)14-12-13(6-7-15(14)18)25(23,24)21-10-8-20(4)9-11-21/h6-7,12H,5,8-11H2,1-4H3,(H,19,22). The molecule has 6 nitrogen and oxygen atoms in total. The molecule has 1 aliphatic rings. The van der Waals surface area contributed by atoms with Crippen LogP contribution >= 0.6 is 11.6 Å². The van der Waals surface area contributed by atoms with Crippen molar-refractivity contribution in [3.05, 3.63) is 28.8 Å². The molecule has 0 aromatic heterocycles. The van der Waals surface area contributed by atoms with Gasteiger partial charge in [-0.25, -0.2) is 8.42 Å². The van der Waals surface area contributed by atoms with Gasteiger partial charge in [0, 0.05) is 31.7 Å². The van der Waals surface area contributed by atoms with E-state index in [0.29, 0.717) is 26.2 Å². The van der Waals surface area contributed by atoms with E-state index < -0.39 is 15.6 Å². The molecule has 1 saturated heterocycles. The summed E-state index contributed by atoms with van der Waals surface area (Å²) in [4.78, 5) is 14.7. The number of amides is 1. The van der Waals surface area contributed by atoms with Crippen molar-refractivity contribution in [2.45, 2.75) is 37.6 Å². The third-order valence-electron chi connectivity index (χ3n) is 4.62. The van der Waals surface area contributed by atoms with Crippen molar-refractivity contribution in [1.29, 1.82) is 0 Å². The Kier molecular flexibility index (Phi) is 6.14. The average Bonchev–Trinajstić information content (AvgIpc) is 2.55. The van der Waals surface area contributed by atoms with Gasteiger partial charge >= 0.3 is 0 Å². The highest BCUT2D eigenvalue weighted by Crippen LogP contribution is 2.24. The lowest BCUT2D eigenvalue weighted by Gasteiger charge is -2.31. The monoisotopic (exact) mass is 387 g/mol. The molecule has 0 radical (unpaired) electrons. The SMILES string of the molecule is CCC(C)(C)NC(=O)c1cc(S(=O)(=O)N2CCN(C)CC2)ccc1Cl. The molecule has 2 rings (SSSR count). The summed E-state index contributed by atoms with van der Waals surface area (Å²) in [6.45, 7) is 8.02. The van der Waals surface area contributed by atoms with Crippen LogP contribution < -0.4 is 5.32 Å². The first kappa shape index (κ1) is 20.2. The van der Waals surface area contributed by atoms with E-state index in [1.54, 1.807) is 0 Å². The first-order valence-corrected chi connectivity index (χ1v) is 10.2. The van der Waals surface area contributed by atoms with Crippen LogP contribution in [-0.4, -0.2) is 62.3 Å². The zero-order valence-electron chi connectivity index (χ0n) is 15.2. The number of carbonyl (C=O) groups is 1. The molecule has 1 aliphatic heterocycles. The maximum absolute atomic E-state index is 12.9. The molecule has 1 aromatic carbocycles. The Bertz CT molecular complexity index is 742. The molecule has 1 fully saturated rings. The minimum Gasteiger partial charge on any atom is -0.347 e. The maximum atomic E-state index is 12.9. The topological polar surface area (TPSA) is 69.7 Å². The Morgan fingerprint density at radius 1 is 1.24 bits per heavy atom. The minimum absolute atomic E-state index is 0.0981. The summed E-state index contributed by atoms with van der Waals surface area (Å²) in [7, 11) is -1.68. The molecule has 25 heavy (non-hydrogen) atoms. The zero-order chi connectivity index (χ0) is 18.8. The molecule has 8 heteroatoms. The van der Waals surface area contributed by atoms with Crippen molar-refractivity contribution in [2.75, 3.05) is 33.2 Å². The van der Waals surface area contributed by atoms with Crippen molar-refractivity contribution in [3.8, 4) is 0 Å². The van der Waals surface area contributed by atoms with E-state index in [4.69, 9.17) is 11.6 Å². The van der Waals surface area contributed by atoms with Crippen molar-refractivity contribution in [2.24, 2.45) is 0 Å². The number of nitrogens with one attached hydrogen (secondary N) is 1. The van der Waals surface area contributed by atoms with Crippen LogP contribution in [0.1, 0.15) is 37.6 Å². The fourth-order valence-corrected chi connectivity index (χ4v) is 4.13. The van der Waals surface area contributed by atoms with Gasteiger partial charge in [0.05, 0.1) is 15.5 Å². The normalized spacial score (nSPS) is 17.5. The second-order valence-electron chi connectivity index (χ2n) is 7.04. The highest BCUT2D eigenvalue weighted by atomic mass is 35.5. The summed E-state index contributed by atoms with van der Waals surface area (Å²) < 4.78 is 27.2. The largest absolute Gasteiger partial charge is 0.347 e. The Balaban J connectivity index is 2.30. The van der Waals surface area contributed by atoms with Crippen molar-refractivity contribution in [1.82, 2.24) is 14.5 Å². The molecule has 140 valence electrons. The lowest BCUT2D eigenvalue weighted by Crippen LogP contribution is -2.47. The number of nitrogens with zero attached hydrogens (tertiary/aromatic N) is 2. The van der Waals surface area contributed by atoms with Crippen LogP contribution in [0, 0.1) is 0 Å². The number of hydrogen-bond acceptors (Lipinski definition) is 4. The molecule has 0 bridgehead atoms. The number of hydrogen-bond donors (Lipinski definition) is 1. The van der Waals surface area contributed by atoms with E-state index in [-0.39, 0.29) is 21.4 Å². The first-order chi connectivity index (χ1) is 11.6. The van der Waals surface area contributed by atoms with Crippen molar-refractivity contribution in [3.63, 3.8) is 0 Å². The summed E-state index contributed by atoms with van der Waals surface area (Å²) in [6.07, 6.45) is 0.746. The van der Waals surface area contributed by atoms with Gasteiger partial charge < -0.3 is 10.2 Å². The first-order valence-electron chi connectivity index (χ1n) is 8.37. The van der Waals surface area contributed by atoms with Crippen molar-refractivity contribution < 1.29 is 13.2 Å². The van der Waals surface area contributed by atoms with Gasteiger partial charge in [-0.3, -0.25) is 4.79 Å². The summed E-state index contributed by atoms with van der Waals surface area (Å²) >= 11 is 6.14. The minimum atomic E-state index is -3.64. The van der Waals surface area contributed by atoms with Gasteiger partial charge in [0.1, 0.15) is 0 Å². The van der Waals surface area contributed by atoms with E-state index in [1.807, 2.05) is 27.8 Å². The summed E-state index contributed by atoms with van der Waals surface area (Å²) in [5, 5.41) is 3.13. The van der Waals surface area contributed by atoms with Crippen molar-refractivity contribution >= 4 is 27.5 Å². The summed E-state index contributed by atoms with van der Waals surface area (Å²) in [5.74, 6) is -0.368. The van der Waals surface area contributed by atoms with E-state index >= 15 is 0 Å². The van der Waals surface area contributed by atoms with Crippen LogP contribution in [0.4, 0.5) is 0 Å². The fourth-order valence-electron chi connectivity index (χ4n) is 2.48. The molecule has 0 saturated carbocycles. The predicted octanol–water partition coefficient (Wildman–Crippen LogP) is 2.19. The van der Waals surface area contributed by atoms with Crippen LogP contribution in [0.15, 0.2) is 23.1 Å². The van der Waals surface area contributed by atoms with Gasteiger partial charge in [-0.1, -0.05) is 18.5 Å².